The molecule has 78 valence electrons. The van der Waals surface area contributed by atoms with Crippen molar-refractivity contribution in [3.05, 3.63) is 35.0 Å². The normalized spacial score (nSPS) is 11.3. The number of fused-ring (bicyclic) bond motifs is 1. The Balaban J connectivity index is 2.80. The van der Waals surface area contributed by atoms with Crippen molar-refractivity contribution >= 4 is 22.5 Å². The van der Waals surface area contributed by atoms with Crippen LogP contribution in [0.5, 0.6) is 0 Å². The highest BCUT2D eigenvalue weighted by Gasteiger charge is 2.11. The molecule has 1 aromatic heterocycles. The van der Waals surface area contributed by atoms with Gasteiger partial charge in [0.2, 0.25) is 0 Å². The largest absolute Gasteiger partial charge is 0.229 e. The zero-order valence-corrected chi connectivity index (χ0v) is 9.22. The monoisotopic (exact) mass is 224 g/mol. The zero-order valence-electron chi connectivity index (χ0n) is 8.46. The van der Waals surface area contributed by atoms with E-state index in [1.165, 1.54) is 6.07 Å². The lowest BCUT2D eigenvalue weighted by molar-refractivity contribution is 0.634. The van der Waals surface area contributed by atoms with Crippen LogP contribution >= 0.6 is 11.6 Å². The van der Waals surface area contributed by atoms with Gasteiger partial charge in [-0.2, -0.15) is 0 Å². The topological polar surface area (TPSA) is 25.8 Å². The van der Waals surface area contributed by atoms with Gasteiger partial charge in [0.15, 0.2) is 0 Å². The third-order valence-corrected chi connectivity index (χ3v) is 2.45. The summed E-state index contributed by atoms with van der Waals surface area (Å²) in [6, 6.07) is 4.68. The third-order valence-electron chi connectivity index (χ3n) is 2.16. The molecule has 2 nitrogen and oxygen atoms in total. The van der Waals surface area contributed by atoms with Gasteiger partial charge < -0.3 is 0 Å². The smallest absolute Gasteiger partial charge is 0.149 e. The van der Waals surface area contributed by atoms with Gasteiger partial charge in [-0.05, 0) is 12.1 Å². The van der Waals surface area contributed by atoms with Gasteiger partial charge in [-0.3, -0.25) is 0 Å². The second kappa shape index (κ2) is 3.74. The number of rotatable bonds is 1. The van der Waals surface area contributed by atoms with Gasteiger partial charge >= 0.3 is 0 Å². The average Bonchev–Trinajstić information content (AvgIpc) is 2.19. The Morgan fingerprint density at radius 3 is 2.67 bits per heavy atom. The number of benzene rings is 1. The number of hydrogen-bond donors (Lipinski definition) is 0. The number of para-hydroxylation sites is 1. The first-order valence-corrected chi connectivity index (χ1v) is 5.09. The lowest BCUT2D eigenvalue weighted by Crippen LogP contribution is -1.99. The summed E-state index contributed by atoms with van der Waals surface area (Å²) in [5.74, 6) is 0.336. The van der Waals surface area contributed by atoms with Crippen molar-refractivity contribution in [3.63, 3.8) is 0 Å². The molecule has 4 heteroatoms. The zero-order chi connectivity index (χ0) is 11.0. The highest BCUT2D eigenvalue weighted by molar-refractivity contribution is 6.34. The lowest BCUT2D eigenvalue weighted by atomic mass is 10.2. The summed E-state index contributed by atoms with van der Waals surface area (Å²) >= 11 is 5.96. The maximum absolute atomic E-state index is 13.5. The Kier molecular flexibility index (Phi) is 2.57. The van der Waals surface area contributed by atoms with E-state index in [4.69, 9.17) is 11.6 Å². The lowest BCUT2D eigenvalue weighted by Gasteiger charge is -2.06. The Morgan fingerprint density at radius 2 is 2.00 bits per heavy atom. The molecule has 0 aliphatic heterocycles. The highest BCUT2D eigenvalue weighted by atomic mass is 35.5. The van der Waals surface area contributed by atoms with Crippen LogP contribution in [-0.2, 0) is 0 Å². The molecule has 0 N–H and O–H groups in total. The van der Waals surface area contributed by atoms with Gasteiger partial charge in [-0.15, -0.1) is 0 Å². The van der Waals surface area contributed by atoms with Gasteiger partial charge in [0.05, 0.1) is 0 Å². The van der Waals surface area contributed by atoms with Crippen molar-refractivity contribution in [2.45, 2.75) is 19.8 Å². The molecule has 0 radical (unpaired) electrons. The van der Waals surface area contributed by atoms with E-state index in [9.17, 15) is 4.39 Å². The summed E-state index contributed by atoms with van der Waals surface area (Å²) in [5, 5.41) is 0.865. The minimum atomic E-state index is -0.362. The molecule has 0 bridgehead atoms. The third kappa shape index (κ3) is 1.79. The fourth-order valence-electron chi connectivity index (χ4n) is 1.35. The first kappa shape index (κ1) is 10.3. The minimum Gasteiger partial charge on any atom is -0.229 e. The van der Waals surface area contributed by atoms with Gasteiger partial charge in [0, 0.05) is 11.3 Å². The van der Waals surface area contributed by atoms with Crippen LogP contribution in [0.1, 0.15) is 25.6 Å². The van der Waals surface area contributed by atoms with Crippen LogP contribution in [0.3, 0.4) is 0 Å². The van der Waals surface area contributed by atoms with Crippen molar-refractivity contribution in [1.29, 1.82) is 0 Å². The average molecular weight is 225 g/mol. The number of hydrogen-bond acceptors (Lipinski definition) is 2. The summed E-state index contributed by atoms with van der Waals surface area (Å²) in [7, 11) is 0. The van der Waals surface area contributed by atoms with Gasteiger partial charge in [-0.1, -0.05) is 31.5 Å². The van der Waals surface area contributed by atoms with E-state index >= 15 is 0 Å². The molecule has 0 aliphatic rings. The van der Waals surface area contributed by atoms with E-state index in [2.05, 4.69) is 9.97 Å². The van der Waals surface area contributed by atoms with E-state index in [1.54, 1.807) is 12.1 Å². The standard InChI is InChI=1S/C11H10ClFN2/c1-6(2)11-14-9-7(10(12)15-11)4-3-5-8(9)13/h3-6H,1-2H3. The summed E-state index contributed by atoms with van der Waals surface area (Å²) in [4.78, 5) is 8.29. The maximum atomic E-state index is 13.5. The molecule has 2 rings (SSSR count). The fourth-order valence-corrected chi connectivity index (χ4v) is 1.59. The van der Waals surface area contributed by atoms with Crippen LogP contribution in [0.4, 0.5) is 4.39 Å². The van der Waals surface area contributed by atoms with Crippen LogP contribution in [0, 0.1) is 5.82 Å². The van der Waals surface area contributed by atoms with E-state index in [-0.39, 0.29) is 11.7 Å². The molecule has 0 spiro atoms. The Hall–Kier alpha value is -1.22. The fraction of sp³-hybridized carbons (Fsp3) is 0.273. The predicted octanol–water partition coefficient (Wildman–Crippen LogP) is 3.55. The summed E-state index contributed by atoms with van der Waals surface area (Å²) in [6.45, 7) is 3.89. The van der Waals surface area contributed by atoms with Crippen LogP contribution in [0.2, 0.25) is 5.15 Å². The maximum Gasteiger partial charge on any atom is 0.149 e. The molecular weight excluding hydrogens is 215 g/mol. The van der Waals surface area contributed by atoms with Crippen LogP contribution < -0.4 is 0 Å². The molecule has 1 heterocycles. The molecule has 0 saturated carbocycles. The highest BCUT2D eigenvalue weighted by Crippen LogP contribution is 2.24. The van der Waals surface area contributed by atoms with Crippen molar-refractivity contribution in [2.75, 3.05) is 0 Å². The molecule has 1 aromatic carbocycles. The first-order chi connectivity index (χ1) is 7.09. The molecular formula is C11H10ClFN2. The number of halogens is 2. The summed E-state index contributed by atoms with van der Waals surface area (Å²) < 4.78 is 13.5. The molecule has 0 atom stereocenters. The Morgan fingerprint density at radius 1 is 1.27 bits per heavy atom. The quantitative estimate of drug-likeness (QED) is 0.693. The summed E-state index contributed by atoms with van der Waals surface area (Å²) in [5.41, 5.74) is 0.293. The van der Waals surface area contributed by atoms with Crippen LogP contribution in [0.15, 0.2) is 18.2 Å². The van der Waals surface area contributed by atoms with Gasteiger partial charge in [-0.25, -0.2) is 14.4 Å². The van der Waals surface area contributed by atoms with Gasteiger partial charge in [0.1, 0.15) is 22.3 Å². The Labute approximate surface area is 92.1 Å². The number of aromatic nitrogens is 2. The van der Waals surface area contributed by atoms with Crippen molar-refractivity contribution in [1.82, 2.24) is 9.97 Å². The number of nitrogens with zero attached hydrogens (tertiary/aromatic N) is 2. The molecule has 0 unspecified atom stereocenters. The van der Waals surface area contributed by atoms with Crippen molar-refractivity contribution in [3.8, 4) is 0 Å². The molecule has 0 saturated heterocycles. The van der Waals surface area contributed by atoms with Gasteiger partial charge in [0.25, 0.3) is 0 Å². The van der Waals surface area contributed by atoms with Crippen molar-refractivity contribution in [2.24, 2.45) is 0 Å². The SMILES string of the molecule is CC(C)c1nc(Cl)c2cccc(F)c2n1. The molecule has 15 heavy (non-hydrogen) atoms. The predicted molar refractivity (Wildman–Crippen MR) is 58.6 cm³/mol. The molecule has 0 fully saturated rings. The van der Waals surface area contributed by atoms with Crippen LogP contribution in [-0.4, -0.2) is 9.97 Å². The molecule has 0 amide bonds. The molecule has 2 aromatic rings. The van der Waals surface area contributed by atoms with Crippen LogP contribution in [0.25, 0.3) is 10.9 Å². The van der Waals surface area contributed by atoms with Crippen molar-refractivity contribution < 1.29 is 4.39 Å². The Bertz CT molecular complexity index is 511. The summed E-state index contributed by atoms with van der Waals surface area (Å²) in [6.07, 6.45) is 0. The first-order valence-electron chi connectivity index (χ1n) is 4.71. The second-order valence-corrected chi connectivity index (χ2v) is 4.02. The van der Waals surface area contributed by atoms with E-state index < -0.39 is 0 Å². The van der Waals surface area contributed by atoms with E-state index in [0.717, 1.165) is 0 Å². The van der Waals surface area contributed by atoms with E-state index in [0.29, 0.717) is 21.9 Å². The minimum absolute atomic E-state index is 0.131. The van der Waals surface area contributed by atoms with E-state index in [1.807, 2.05) is 13.8 Å². The second-order valence-electron chi connectivity index (χ2n) is 3.66. The molecule has 0 aliphatic carbocycles.